The second kappa shape index (κ2) is 5.27. The molecule has 0 amide bonds. The molecule has 0 aromatic rings. The third-order valence-electron chi connectivity index (χ3n) is 5.22. The first-order valence-electron chi connectivity index (χ1n) is 7.27. The van der Waals surface area contributed by atoms with Gasteiger partial charge in [0, 0.05) is 0 Å². The zero-order valence-electron chi connectivity index (χ0n) is 12.1. The van der Waals surface area contributed by atoms with Crippen molar-refractivity contribution in [3.8, 4) is 0 Å². The molecule has 4 atom stereocenters. The molecule has 0 N–H and O–H groups in total. The lowest BCUT2D eigenvalue weighted by molar-refractivity contribution is 0.243. The molecule has 1 nitrogen and oxygen atoms in total. The smallest absolute Gasteiger partial charge is 0.0719 e. The second-order valence-electron chi connectivity index (χ2n) is 6.70. The van der Waals surface area contributed by atoms with Gasteiger partial charge < -0.3 is 0 Å². The summed E-state index contributed by atoms with van der Waals surface area (Å²) in [5, 5.41) is 2.66. The zero-order chi connectivity index (χ0) is 13.3. The van der Waals surface area contributed by atoms with Gasteiger partial charge in [-0.1, -0.05) is 32.4 Å². The van der Waals surface area contributed by atoms with Crippen LogP contribution in [0.15, 0.2) is 16.6 Å². The highest BCUT2D eigenvalue weighted by molar-refractivity contribution is 7.78. The minimum atomic E-state index is 0.0182. The molecule has 0 saturated heterocycles. The van der Waals surface area contributed by atoms with Crippen molar-refractivity contribution >= 4 is 17.4 Å². The first-order chi connectivity index (χ1) is 8.48. The van der Waals surface area contributed by atoms with Gasteiger partial charge in [-0.15, -0.1) is 0 Å². The average Bonchev–Trinajstić information content (AvgIpc) is 2.59. The molecule has 2 aliphatic rings. The van der Waals surface area contributed by atoms with Crippen LogP contribution in [0.25, 0.3) is 0 Å². The molecule has 0 spiro atoms. The van der Waals surface area contributed by atoms with Crippen LogP contribution in [0.1, 0.15) is 53.4 Å². The monoisotopic (exact) mass is 263 g/mol. The van der Waals surface area contributed by atoms with Gasteiger partial charge in [0.1, 0.15) is 0 Å². The van der Waals surface area contributed by atoms with E-state index in [9.17, 15) is 0 Å². The van der Waals surface area contributed by atoms with Crippen LogP contribution in [0.2, 0.25) is 0 Å². The summed E-state index contributed by atoms with van der Waals surface area (Å²) in [6.45, 7) is 9.31. The quantitative estimate of drug-likeness (QED) is 0.393. The molecule has 0 aromatic carbocycles. The lowest BCUT2D eigenvalue weighted by Gasteiger charge is -2.33. The fourth-order valence-corrected chi connectivity index (χ4v) is 4.08. The van der Waals surface area contributed by atoms with Gasteiger partial charge in [0.15, 0.2) is 0 Å². The van der Waals surface area contributed by atoms with E-state index >= 15 is 0 Å². The predicted molar refractivity (Wildman–Crippen MR) is 81.0 cm³/mol. The summed E-state index contributed by atoms with van der Waals surface area (Å²) >= 11 is 4.89. The van der Waals surface area contributed by atoms with Gasteiger partial charge in [0.2, 0.25) is 0 Å². The van der Waals surface area contributed by atoms with E-state index in [2.05, 4.69) is 43.9 Å². The van der Waals surface area contributed by atoms with Crippen molar-refractivity contribution in [2.75, 3.05) is 0 Å². The van der Waals surface area contributed by atoms with E-state index in [4.69, 9.17) is 12.2 Å². The number of hydrogen-bond acceptors (Lipinski definition) is 2. The number of fused-ring (bicyclic) bond motifs is 1. The first kappa shape index (κ1) is 14.0. The van der Waals surface area contributed by atoms with E-state index in [1.807, 2.05) is 0 Å². The molecule has 1 saturated carbocycles. The number of aliphatic imine (C=N–C) groups is 1. The summed E-state index contributed by atoms with van der Waals surface area (Å²) < 4.78 is 0. The number of isothiocyanates is 1. The minimum Gasteiger partial charge on any atom is -0.226 e. The molecule has 100 valence electrons. The van der Waals surface area contributed by atoms with Gasteiger partial charge in [0.25, 0.3) is 0 Å². The van der Waals surface area contributed by atoms with Crippen molar-refractivity contribution in [2.24, 2.45) is 28.7 Å². The Kier molecular flexibility index (Phi) is 4.08. The Hall–Kier alpha value is -0.460. The van der Waals surface area contributed by atoms with Crippen molar-refractivity contribution in [2.45, 2.75) is 58.9 Å². The third kappa shape index (κ3) is 2.46. The molecule has 0 aromatic heterocycles. The largest absolute Gasteiger partial charge is 0.226 e. The van der Waals surface area contributed by atoms with Gasteiger partial charge in [-0.25, -0.2) is 4.99 Å². The average molecular weight is 263 g/mol. The summed E-state index contributed by atoms with van der Waals surface area (Å²) in [6, 6.07) is 0. The van der Waals surface area contributed by atoms with Crippen LogP contribution in [0, 0.1) is 23.7 Å². The molecule has 2 heteroatoms. The third-order valence-corrected chi connectivity index (χ3v) is 5.31. The Morgan fingerprint density at radius 1 is 1.44 bits per heavy atom. The number of allylic oxidation sites excluding steroid dienone is 2. The van der Waals surface area contributed by atoms with Crippen LogP contribution in [0.3, 0.4) is 0 Å². The number of nitrogens with zero attached hydrogens (tertiary/aromatic N) is 1. The number of rotatable bonds is 2. The molecule has 0 radical (unpaired) electrons. The van der Waals surface area contributed by atoms with Crippen molar-refractivity contribution in [1.29, 1.82) is 0 Å². The standard InChI is InChI=1S/C16H25NS/c1-11(2)13-7-8-16(4,17-10-18)15-6-5-12(3)14(15)9-13/h9,11-12,14-15H,5-8H2,1-4H3/t12-,14-,15+,16+/m0/s1. The molecule has 0 heterocycles. The molecular weight excluding hydrogens is 238 g/mol. The molecule has 18 heavy (non-hydrogen) atoms. The Balaban J connectivity index is 2.37. The maximum atomic E-state index is 4.89. The Morgan fingerprint density at radius 2 is 2.17 bits per heavy atom. The zero-order valence-corrected chi connectivity index (χ0v) is 12.9. The van der Waals surface area contributed by atoms with Crippen molar-refractivity contribution in [3.63, 3.8) is 0 Å². The van der Waals surface area contributed by atoms with Crippen molar-refractivity contribution in [3.05, 3.63) is 11.6 Å². The normalized spacial score (nSPS) is 39.8. The first-order valence-corrected chi connectivity index (χ1v) is 7.68. The van der Waals surface area contributed by atoms with E-state index in [-0.39, 0.29) is 5.54 Å². The summed E-state index contributed by atoms with van der Waals surface area (Å²) in [6.07, 6.45) is 7.52. The number of thiocarbonyl (C=S) groups is 1. The highest BCUT2D eigenvalue weighted by atomic mass is 32.1. The van der Waals surface area contributed by atoms with Gasteiger partial charge in [-0.3, -0.25) is 0 Å². The Bertz CT molecular complexity index is 392. The van der Waals surface area contributed by atoms with Crippen LogP contribution >= 0.6 is 12.2 Å². The van der Waals surface area contributed by atoms with Crippen LogP contribution < -0.4 is 0 Å². The van der Waals surface area contributed by atoms with Gasteiger partial charge >= 0.3 is 0 Å². The summed E-state index contributed by atoms with van der Waals surface area (Å²) in [5.41, 5.74) is 1.65. The van der Waals surface area contributed by atoms with Crippen LogP contribution in [-0.2, 0) is 0 Å². The van der Waals surface area contributed by atoms with Gasteiger partial charge in [-0.05, 0) is 68.5 Å². The molecular formula is C16H25NS. The predicted octanol–water partition coefficient (Wildman–Crippen LogP) is 4.89. The van der Waals surface area contributed by atoms with Crippen molar-refractivity contribution < 1.29 is 0 Å². The van der Waals surface area contributed by atoms with E-state index in [0.717, 1.165) is 12.3 Å². The fraction of sp³-hybridized carbons (Fsp3) is 0.812. The molecule has 0 bridgehead atoms. The van der Waals surface area contributed by atoms with Crippen LogP contribution in [-0.4, -0.2) is 10.7 Å². The molecule has 0 unspecified atom stereocenters. The lowest BCUT2D eigenvalue weighted by atomic mass is 9.76. The van der Waals surface area contributed by atoms with E-state index in [1.54, 1.807) is 5.57 Å². The highest BCUT2D eigenvalue weighted by Gasteiger charge is 2.45. The van der Waals surface area contributed by atoms with Crippen LogP contribution in [0.4, 0.5) is 0 Å². The van der Waals surface area contributed by atoms with Gasteiger partial charge in [0.05, 0.1) is 10.7 Å². The Labute approximate surface area is 117 Å². The van der Waals surface area contributed by atoms with E-state index < -0.39 is 0 Å². The van der Waals surface area contributed by atoms with Crippen molar-refractivity contribution in [1.82, 2.24) is 0 Å². The Morgan fingerprint density at radius 3 is 2.78 bits per heavy atom. The maximum absolute atomic E-state index is 4.89. The topological polar surface area (TPSA) is 12.4 Å². The molecule has 2 rings (SSSR count). The summed E-state index contributed by atoms with van der Waals surface area (Å²) in [5.74, 6) is 2.82. The van der Waals surface area contributed by atoms with E-state index in [1.165, 1.54) is 19.3 Å². The number of hydrogen-bond donors (Lipinski definition) is 0. The second-order valence-corrected chi connectivity index (χ2v) is 6.88. The van der Waals surface area contributed by atoms with Crippen LogP contribution in [0.5, 0.6) is 0 Å². The minimum absolute atomic E-state index is 0.0182. The maximum Gasteiger partial charge on any atom is 0.0719 e. The molecule has 1 fully saturated rings. The highest BCUT2D eigenvalue weighted by Crippen LogP contribution is 2.50. The fourth-order valence-electron chi connectivity index (χ4n) is 3.87. The molecule has 0 aliphatic heterocycles. The lowest BCUT2D eigenvalue weighted by Crippen LogP contribution is -2.34. The van der Waals surface area contributed by atoms with E-state index in [0.29, 0.717) is 17.8 Å². The summed E-state index contributed by atoms with van der Waals surface area (Å²) in [4.78, 5) is 4.58. The summed E-state index contributed by atoms with van der Waals surface area (Å²) in [7, 11) is 0. The molecule has 2 aliphatic carbocycles. The SMILES string of the molecule is CC(C)C1=C[C@@H]2[C@@H](CC[C@@H]2C)[C@](C)(N=C=S)CC1. The van der Waals surface area contributed by atoms with Gasteiger partial charge in [-0.2, -0.15) is 0 Å².